The highest BCUT2D eigenvalue weighted by Gasteiger charge is 2.28. The summed E-state index contributed by atoms with van der Waals surface area (Å²) in [6.45, 7) is 2.33. The van der Waals surface area contributed by atoms with Crippen molar-refractivity contribution in [2.75, 3.05) is 6.54 Å². The SMILES string of the molecule is Cc1nnsc1C(=O)NCC1(N)CCCCC1. The zero-order valence-corrected chi connectivity index (χ0v) is 10.8. The van der Waals surface area contributed by atoms with Gasteiger partial charge in [0.05, 0.1) is 5.69 Å². The highest BCUT2D eigenvalue weighted by atomic mass is 32.1. The first-order chi connectivity index (χ1) is 8.11. The van der Waals surface area contributed by atoms with Crippen LogP contribution in [0.4, 0.5) is 0 Å². The normalized spacial score (nSPS) is 18.9. The summed E-state index contributed by atoms with van der Waals surface area (Å²) < 4.78 is 3.75. The van der Waals surface area contributed by atoms with Crippen LogP contribution in [0.2, 0.25) is 0 Å². The number of carbonyl (C=O) groups is 1. The van der Waals surface area contributed by atoms with Crippen molar-refractivity contribution in [2.24, 2.45) is 5.73 Å². The molecule has 1 heterocycles. The molecule has 2 rings (SSSR count). The molecule has 0 saturated heterocycles. The molecule has 0 aromatic carbocycles. The number of aromatic nitrogens is 2. The first-order valence-electron chi connectivity index (χ1n) is 5.97. The molecule has 0 radical (unpaired) electrons. The quantitative estimate of drug-likeness (QED) is 0.850. The summed E-state index contributed by atoms with van der Waals surface area (Å²) in [7, 11) is 0. The molecule has 1 amide bonds. The maximum Gasteiger partial charge on any atom is 0.265 e. The maximum atomic E-state index is 11.9. The standard InChI is InChI=1S/C11H18N4OS/c1-8-9(17-15-14-8)10(16)13-7-11(12)5-3-2-4-6-11/h2-7,12H2,1H3,(H,13,16). The molecule has 3 N–H and O–H groups in total. The van der Waals surface area contributed by atoms with Gasteiger partial charge < -0.3 is 11.1 Å². The summed E-state index contributed by atoms with van der Waals surface area (Å²) in [5, 5.41) is 6.73. The first-order valence-corrected chi connectivity index (χ1v) is 6.74. The Kier molecular flexibility index (Phi) is 3.73. The molecule has 17 heavy (non-hydrogen) atoms. The highest BCUT2D eigenvalue weighted by molar-refractivity contribution is 7.07. The first kappa shape index (κ1) is 12.4. The lowest BCUT2D eigenvalue weighted by Crippen LogP contribution is -2.51. The Hall–Kier alpha value is -1.01. The fraction of sp³-hybridized carbons (Fsp3) is 0.727. The van der Waals surface area contributed by atoms with Crippen molar-refractivity contribution >= 4 is 17.4 Å². The van der Waals surface area contributed by atoms with Gasteiger partial charge in [-0.05, 0) is 31.3 Å². The summed E-state index contributed by atoms with van der Waals surface area (Å²) in [5.41, 5.74) is 6.72. The van der Waals surface area contributed by atoms with Gasteiger partial charge in [-0.15, -0.1) is 5.10 Å². The third-order valence-corrected chi connectivity index (χ3v) is 4.13. The number of hydrogen-bond donors (Lipinski definition) is 2. The third-order valence-electron chi connectivity index (χ3n) is 3.31. The van der Waals surface area contributed by atoms with Crippen LogP contribution in [0.15, 0.2) is 0 Å². The number of carbonyl (C=O) groups excluding carboxylic acids is 1. The van der Waals surface area contributed by atoms with Gasteiger partial charge >= 0.3 is 0 Å². The van der Waals surface area contributed by atoms with E-state index in [0.717, 1.165) is 37.2 Å². The lowest BCUT2D eigenvalue weighted by Gasteiger charge is -2.33. The van der Waals surface area contributed by atoms with Crippen molar-refractivity contribution < 1.29 is 4.79 Å². The second-order valence-electron chi connectivity index (χ2n) is 4.79. The van der Waals surface area contributed by atoms with Crippen LogP contribution in [-0.4, -0.2) is 27.6 Å². The molecular weight excluding hydrogens is 236 g/mol. The van der Waals surface area contributed by atoms with Crippen LogP contribution in [0.3, 0.4) is 0 Å². The van der Waals surface area contributed by atoms with E-state index in [9.17, 15) is 4.79 Å². The Balaban J connectivity index is 1.90. The van der Waals surface area contributed by atoms with Crippen LogP contribution in [0.25, 0.3) is 0 Å². The number of nitrogens with one attached hydrogen (secondary N) is 1. The molecule has 5 nitrogen and oxygen atoms in total. The summed E-state index contributed by atoms with van der Waals surface area (Å²) in [5.74, 6) is -0.104. The molecule has 6 heteroatoms. The van der Waals surface area contributed by atoms with Gasteiger partial charge in [0.1, 0.15) is 4.88 Å². The minimum Gasteiger partial charge on any atom is -0.349 e. The van der Waals surface area contributed by atoms with Gasteiger partial charge in [-0.25, -0.2) is 0 Å². The minimum atomic E-state index is -0.222. The molecule has 1 aromatic rings. The Morgan fingerprint density at radius 2 is 2.18 bits per heavy atom. The van der Waals surface area contributed by atoms with Gasteiger partial charge in [-0.3, -0.25) is 4.79 Å². The molecule has 0 spiro atoms. The van der Waals surface area contributed by atoms with E-state index >= 15 is 0 Å². The fourth-order valence-corrected chi connectivity index (χ4v) is 2.78. The van der Waals surface area contributed by atoms with Gasteiger partial charge in [0.2, 0.25) is 0 Å². The van der Waals surface area contributed by atoms with Gasteiger partial charge in [-0.1, -0.05) is 23.8 Å². The molecule has 0 bridgehead atoms. The molecule has 1 aliphatic carbocycles. The van der Waals surface area contributed by atoms with Crippen LogP contribution >= 0.6 is 11.5 Å². The highest BCUT2D eigenvalue weighted by Crippen LogP contribution is 2.25. The molecule has 1 aromatic heterocycles. The second kappa shape index (κ2) is 5.10. The van der Waals surface area contributed by atoms with E-state index in [1.54, 1.807) is 6.92 Å². The van der Waals surface area contributed by atoms with Crippen LogP contribution in [0.1, 0.15) is 47.5 Å². The van der Waals surface area contributed by atoms with E-state index in [1.165, 1.54) is 6.42 Å². The second-order valence-corrected chi connectivity index (χ2v) is 5.55. The molecule has 1 aliphatic rings. The van der Waals surface area contributed by atoms with Crippen molar-refractivity contribution in [3.05, 3.63) is 10.6 Å². The zero-order chi connectivity index (χ0) is 12.3. The van der Waals surface area contributed by atoms with Crippen molar-refractivity contribution in [1.82, 2.24) is 14.9 Å². The number of nitrogens with two attached hydrogens (primary N) is 1. The maximum absolute atomic E-state index is 11.9. The average molecular weight is 254 g/mol. The van der Waals surface area contributed by atoms with Crippen molar-refractivity contribution in [1.29, 1.82) is 0 Å². The van der Waals surface area contributed by atoms with Crippen LogP contribution in [0.5, 0.6) is 0 Å². The van der Waals surface area contributed by atoms with Crippen molar-refractivity contribution in [3.8, 4) is 0 Å². The Morgan fingerprint density at radius 1 is 1.47 bits per heavy atom. The van der Waals surface area contributed by atoms with E-state index in [1.807, 2.05) is 0 Å². The van der Waals surface area contributed by atoms with E-state index in [-0.39, 0.29) is 11.4 Å². The lowest BCUT2D eigenvalue weighted by atomic mass is 9.82. The van der Waals surface area contributed by atoms with Gasteiger partial charge in [0.25, 0.3) is 5.91 Å². The van der Waals surface area contributed by atoms with Crippen LogP contribution in [0, 0.1) is 6.92 Å². The Labute approximate surface area is 105 Å². The number of rotatable bonds is 3. The molecule has 1 saturated carbocycles. The molecule has 0 atom stereocenters. The van der Waals surface area contributed by atoms with Crippen LogP contribution in [-0.2, 0) is 0 Å². The monoisotopic (exact) mass is 254 g/mol. The number of amides is 1. The molecule has 1 fully saturated rings. The van der Waals surface area contributed by atoms with E-state index < -0.39 is 0 Å². The van der Waals surface area contributed by atoms with Gasteiger partial charge in [0, 0.05) is 12.1 Å². The number of nitrogens with zero attached hydrogens (tertiary/aromatic N) is 2. The Bertz CT molecular complexity index is 398. The van der Waals surface area contributed by atoms with Crippen LogP contribution < -0.4 is 11.1 Å². The molecule has 94 valence electrons. The van der Waals surface area contributed by atoms with Gasteiger partial charge in [0.15, 0.2) is 0 Å². The van der Waals surface area contributed by atoms with Crippen molar-refractivity contribution in [3.63, 3.8) is 0 Å². The lowest BCUT2D eigenvalue weighted by molar-refractivity contribution is 0.0941. The zero-order valence-electron chi connectivity index (χ0n) is 10.0. The largest absolute Gasteiger partial charge is 0.349 e. The summed E-state index contributed by atoms with van der Waals surface area (Å²) in [6, 6.07) is 0. The topological polar surface area (TPSA) is 80.9 Å². The van der Waals surface area contributed by atoms with E-state index in [0.29, 0.717) is 17.1 Å². The van der Waals surface area contributed by atoms with E-state index in [2.05, 4.69) is 14.9 Å². The predicted molar refractivity (Wildman–Crippen MR) is 67.0 cm³/mol. The van der Waals surface area contributed by atoms with E-state index in [4.69, 9.17) is 5.73 Å². The van der Waals surface area contributed by atoms with Crippen molar-refractivity contribution in [2.45, 2.75) is 44.6 Å². The summed E-state index contributed by atoms with van der Waals surface area (Å²) >= 11 is 1.13. The minimum absolute atomic E-state index is 0.104. The molecule has 0 unspecified atom stereocenters. The van der Waals surface area contributed by atoms with Gasteiger partial charge in [-0.2, -0.15) is 0 Å². The molecule has 0 aliphatic heterocycles. The smallest absolute Gasteiger partial charge is 0.265 e. The average Bonchev–Trinajstić information content (AvgIpc) is 2.74. The number of hydrogen-bond acceptors (Lipinski definition) is 5. The molecular formula is C11H18N4OS. The Morgan fingerprint density at radius 3 is 2.76 bits per heavy atom. The third kappa shape index (κ3) is 3.01. The fourth-order valence-electron chi connectivity index (χ4n) is 2.21. The number of aryl methyl sites for hydroxylation is 1. The summed E-state index contributed by atoms with van der Waals surface area (Å²) in [4.78, 5) is 12.5. The predicted octanol–water partition coefficient (Wildman–Crippen LogP) is 1.24. The summed E-state index contributed by atoms with van der Waals surface area (Å²) in [6.07, 6.45) is 5.56.